The van der Waals surface area contributed by atoms with Gasteiger partial charge in [0.05, 0.1) is 5.69 Å². The van der Waals surface area contributed by atoms with E-state index in [1.807, 2.05) is 6.07 Å². The van der Waals surface area contributed by atoms with E-state index >= 15 is 0 Å². The summed E-state index contributed by atoms with van der Waals surface area (Å²) in [5, 5.41) is 7.47. The second kappa shape index (κ2) is 5.57. The molecule has 3 heteroatoms. The van der Waals surface area contributed by atoms with E-state index in [0.29, 0.717) is 6.04 Å². The van der Waals surface area contributed by atoms with Crippen LogP contribution < -0.4 is 5.32 Å². The van der Waals surface area contributed by atoms with Crippen LogP contribution in [-0.2, 0) is 6.54 Å². The Hall–Kier alpha value is -1.61. The standard InChI is InChI=1S/C16H22N2O/c1-10(2)17-9-14-8-15(19-18-14)16-12(4)6-11(3)7-13(16)5/h6-8,10,17H,9H2,1-5H3. The van der Waals surface area contributed by atoms with Crippen molar-refractivity contribution in [3.8, 4) is 11.3 Å². The fourth-order valence-electron chi connectivity index (χ4n) is 2.39. The highest BCUT2D eigenvalue weighted by Crippen LogP contribution is 2.28. The minimum absolute atomic E-state index is 0.447. The molecule has 0 amide bonds. The molecule has 2 rings (SSSR count). The molecule has 1 aromatic heterocycles. The lowest BCUT2D eigenvalue weighted by molar-refractivity contribution is 0.417. The second-order valence-corrected chi connectivity index (χ2v) is 5.49. The van der Waals surface area contributed by atoms with Crippen molar-refractivity contribution in [3.05, 3.63) is 40.6 Å². The Kier molecular flexibility index (Phi) is 4.05. The molecule has 0 aliphatic rings. The summed E-state index contributed by atoms with van der Waals surface area (Å²) in [6, 6.07) is 6.83. The molecule has 3 nitrogen and oxygen atoms in total. The van der Waals surface area contributed by atoms with E-state index in [9.17, 15) is 0 Å². The van der Waals surface area contributed by atoms with Crippen molar-refractivity contribution in [2.45, 2.75) is 47.2 Å². The number of aromatic nitrogens is 1. The number of nitrogens with zero attached hydrogens (tertiary/aromatic N) is 1. The number of benzene rings is 1. The molecule has 0 unspecified atom stereocenters. The van der Waals surface area contributed by atoms with Crippen molar-refractivity contribution in [1.82, 2.24) is 10.5 Å². The first-order chi connectivity index (χ1) is 8.97. The molecule has 0 fully saturated rings. The quantitative estimate of drug-likeness (QED) is 0.907. The van der Waals surface area contributed by atoms with Gasteiger partial charge in [-0.2, -0.15) is 0 Å². The number of nitrogens with one attached hydrogen (secondary N) is 1. The predicted molar refractivity (Wildman–Crippen MR) is 78.1 cm³/mol. The summed E-state index contributed by atoms with van der Waals surface area (Å²) in [6.45, 7) is 11.3. The Morgan fingerprint density at radius 2 is 1.74 bits per heavy atom. The molecule has 1 heterocycles. The van der Waals surface area contributed by atoms with E-state index < -0.39 is 0 Å². The van der Waals surface area contributed by atoms with Crippen LogP contribution in [-0.4, -0.2) is 11.2 Å². The van der Waals surface area contributed by atoms with Crippen LogP contribution in [0.5, 0.6) is 0 Å². The number of rotatable bonds is 4. The second-order valence-electron chi connectivity index (χ2n) is 5.49. The lowest BCUT2D eigenvalue weighted by Crippen LogP contribution is -2.21. The first-order valence-electron chi connectivity index (χ1n) is 6.74. The van der Waals surface area contributed by atoms with E-state index in [-0.39, 0.29) is 0 Å². The first kappa shape index (κ1) is 13.8. The summed E-state index contributed by atoms with van der Waals surface area (Å²) in [7, 11) is 0. The molecule has 0 atom stereocenters. The highest BCUT2D eigenvalue weighted by molar-refractivity contribution is 5.66. The molecule has 2 aromatic rings. The van der Waals surface area contributed by atoms with Gasteiger partial charge >= 0.3 is 0 Å². The molecule has 0 radical (unpaired) electrons. The molecule has 1 N–H and O–H groups in total. The maximum atomic E-state index is 5.49. The largest absolute Gasteiger partial charge is 0.356 e. The topological polar surface area (TPSA) is 38.1 Å². The van der Waals surface area contributed by atoms with Gasteiger partial charge in [0.2, 0.25) is 0 Å². The molecular formula is C16H22N2O. The minimum atomic E-state index is 0.447. The molecule has 0 bridgehead atoms. The first-order valence-corrected chi connectivity index (χ1v) is 6.74. The molecule has 0 saturated carbocycles. The molecule has 0 aliphatic carbocycles. The van der Waals surface area contributed by atoms with Gasteiger partial charge in [0, 0.05) is 24.2 Å². The fraction of sp³-hybridized carbons (Fsp3) is 0.438. The van der Waals surface area contributed by atoms with Gasteiger partial charge in [0.15, 0.2) is 5.76 Å². The van der Waals surface area contributed by atoms with Gasteiger partial charge in [-0.05, 0) is 31.9 Å². The Morgan fingerprint density at radius 3 is 2.32 bits per heavy atom. The Balaban J connectivity index is 2.28. The highest BCUT2D eigenvalue weighted by atomic mass is 16.5. The maximum Gasteiger partial charge on any atom is 0.167 e. The van der Waals surface area contributed by atoms with Gasteiger partial charge < -0.3 is 9.84 Å². The van der Waals surface area contributed by atoms with Gasteiger partial charge in [-0.15, -0.1) is 0 Å². The normalized spacial score (nSPS) is 11.3. The van der Waals surface area contributed by atoms with Crippen molar-refractivity contribution in [2.75, 3.05) is 0 Å². The van der Waals surface area contributed by atoms with Gasteiger partial charge in [0.1, 0.15) is 0 Å². The summed E-state index contributed by atoms with van der Waals surface area (Å²) in [4.78, 5) is 0. The van der Waals surface area contributed by atoms with Gasteiger partial charge in [-0.1, -0.05) is 36.7 Å². The Labute approximate surface area is 115 Å². The average Bonchev–Trinajstić information content (AvgIpc) is 2.73. The van der Waals surface area contributed by atoms with Crippen LogP contribution in [0.4, 0.5) is 0 Å². The summed E-state index contributed by atoms with van der Waals surface area (Å²) in [6.07, 6.45) is 0. The van der Waals surface area contributed by atoms with Crippen LogP contribution in [0.2, 0.25) is 0 Å². The summed E-state index contributed by atoms with van der Waals surface area (Å²) < 4.78 is 5.49. The minimum Gasteiger partial charge on any atom is -0.356 e. The van der Waals surface area contributed by atoms with Crippen molar-refractivity contribution >= 4 is 0 Å². The average molecular weight is 258 g/mol. The van der Waals surface area contributed by atoms with E-state index in [1.165, 1.54) is 16.7 Å². The third-order valence-corrected chi connectivity index (χ3v) is 3.17. The van der Waals surface area contributed by atoms with Crippen LogP contribution in [0.1, 0.15) is 36.2 Å². The summed E-state index contributed by atoms with van der Waals surface area (Å²) in [5.41, 5.74) is 5.85. The van der Waals surface area contributed by atoms with Crippen LogP contribution in [0.25, 0.3) is 11.3 Å². The summed E-state index contributed by atoms with van der Waals surface area (Å²) >= 11 is 0. The van der Waals surface area contributed by atoms with Gasteiger partial charge in [-0.25, -0.2) is 0 Å². The zero-order chi connectivity index (χ0) is 14.0. The van der Waals surface area contributed by atoms with Gasteiger partial charge in [0.25, 0.3) is 0 Å². The lowest BCUT2D eigenvalue weighted by Gasteiger charge is -2.07. The molecule has 102 valence electrons. The fourth-order valence-corrected chi connectivity index (χ4v) is 2.39. The molecule has 19 heavy (non-hydrogen) atoms. The number of aryl methyl sites for hydroxylation is 3. The summed E-state index contributed by atoms with van der Waals surface area (Å²) in [5.74, 6) is 0.857. The van der Waals surface area contributed by atoms with E-state index in [1.54, 1.807) is 0 Å². The third-order valence-electron chi connectivity index (χ3n) is 3.17. The monoisotopic (exact) mass is 258 g/mol. The smallest absolute Gasteiger partial charge is 0.167 e. The van der Waals surface area contributed by atoms with Crippen molar-refractivity contribution < 1.29 is 4.52 Å². The SMILES string of the molecule is Cc1cc(C)c(-c2cc(CNC(C)C)no2)c(C)c1. The Morgan fingerprint density at radius 1 is 1.11 bits per heavy atom. The molecule has 0 aliphatic heterocycles. The van der Waals surface area contributed by atoms with Crippen LogP contribution >= 0.6 is 0 Å². The molecule has 0 spiro atoms. The Bertz CT molecular complexity index is 547. The predicted octanol–water partition coefficient (Wildman–Crippen LogP) is 3.76. The lowest BCUT2D eigenvalue weighted by atomic mass is 9.98. The van der Waals surface area contributed by atoms with Crippen LogP contribution in [0.3, 0.4) is 0 Å². The van der Waals surface area contributed by atoms with Crippen molar-refractivity contribution in [3.63, 3.8) is 0 Å². The van der Waals surface area contributed by atoms with Crippen molar-refractivity contribution in [1.29, 1.82) is 0 Å². The van der Waals surface area contributed by atoms with Crippen LogP contribution in [0.15, 0.2) is 22.7 Å². The highest BCUT2D eigenvalue weighted by Gasteiger charge is 2.12. The van der Waals surface area contributed by atoms with Crippen LogP contribution in [0, 0.1) is 20.8 Å². The zero-order valence-corrected chi connectivity index (χ0v) is 12.4. The van der Waals surface area contributed by atoms with Gasteiger partial charge in [-0.3, -0.25) is 0 Å². The number of hydrogen-bond donors (Lipinski definition) is 1. The van der Waals surface area contributed by atoms with E-state index in [0.717, 1.165) is 23.6 Å². The maximum absolute atomic E-state index is 5.49. The zero-order valence-electron chi connectivity index (χ0n) is 12.4. The number of hydrogen-bond acceptors (Lipinski definition) is 3. The molecule has 1 aromatic carbocycles. The molecule has 0 saturated heterocycles. The third kappa shape index (κ3) is 3.24. The van der Waals surface area contributed by atoms with Crippen molar-refractivity contribution in [2.24, 2.45) is 0 Å². The van der Waals surface area contributed by atoms with E-state index in [4.69, 9.17) is 4.52 Å². The van der Waals surface area contributed by atoms with E-state index in [2.05, 4.69) is 57.2 Å². The molecular weight excluding hydrogens is 236 g/mol.